The first-order valence-corrected chi connectivity index (χ1v) is 6.52. The number of hydrogen-bond acceptors (Lipinski definition) is 1. The Hall–Kier alpha value is -0.940. The van der Waals surface area contributed by atoms with Crippen LogP contribution in [-0.2, 0) is 5.41 Å². The molecule has 0 bridgehead atoms. The van der Waals surface area contributed by atoms with Crippen molar-refractivity contribution in [3.63, 3.8) is 0 Å². The molecular formula is C14H18BrN. The first kappa shape index (κ1) is 13.1. The van der Waals surface area contributed by atoms with Crippen LogP contribution in [0.15, 0.2) is 18.2 Å². The first-order chi connectivity index (χ1) is 7.45. The molecule has 16 heavy (non-hydrogen) atoms. The lowest BCUT2D eigenvalue weighted by atomic mass is 9.86. The number of alkyl halides is 1. The van der Waals surface area contributed by atoms with Crippen LogP contribution in [-0.4, -0.2) is 5.33 Å². The monoisotopic (exact) mass is 279 g/mol. The Morgan fingerprint density at radius 1 is 1.31 bits per heavy atom. The van der Waals surface area contributed by atoms with E-state index in [4.69, 9.17) is 5.73 Å². The van der Waals surface area contributed by atoms with Crippen molar-refractivity contribution in [3.05, 3.63) is 29.3 Å². The average molecular weight is 280 g/mol. The lowest BCUT2D eigenvalue weighted by Gasteiger charge is -2.19. The molecule has 0 heterocycles. The smallest absolute Gasteiger partial charge is 0.0477 e. The summed E-state index contributed by atoms with van der Waals surface area (Å²) in [7, 11) is 0. The third-order valence-electron chi connectivity index (χ3n) is 2.36. The number of anilines is 1. The molecule has 1 rings (SSSR count). The van der Waals surface area contributed by atoms with Crippen LogP contribution >= 0.6 is 15.9 Å². The second-order valence-electron chi connectivity index (χ2n) is 4.79. The molecule has 0 saturated heterocycles. The highest BCUT2D eigenvalue weighted by molar-refractivity contribution is 9.09. The second-order valence-corrected chi connectivity index (χ2v) is 5.59. The van der Waals surface area contributed by atoms with Crippen LogP contribution in [0.3, 0.4) is 0 Å². The maximum atomic E-state index is 5.90. The summed E-state index contributed by atoms with van der Waals surface area (Å²) in [6, 6.07) is 6.11. The van der Waals surface area contributed by atoms with Gasteiger partial charge in [0.25, 0.3) is 0 Å². The molecule has 2 heteroatoms. The van der Waals surface area contributed by atoms with Crippen molar-refractivity contribution in [1.29, 1.82) is 0 Å². The Bertz CT molecular complexity index is 419. The Kier molecular flexibility index (Phi) is 4.44. The Labute approximate surface area is 107 Å². The van der Waals surface area contributed by atoms with Crippen LogP contribution in [0.25, 0.3) is 0 Å². The van der Waals surface area contributed by atoms with Gasteiger partial charge in [-0.15, -0.1) is 0 Å². The zero-order chi connectivity index (χ0) is 12.2. The van der Waals surface area contributed by atoms with Crippen molar-refractivity contribution in [3.8, 4) is 11.8 Å². The molecule has 0 saturated carbocycles. The molecule has 0 amide bonds. The molecule has 0 radical (unpaired) electrons. The van der Waals surface area contributed by atoms with Gasteiger partial charge in [-0.25, -0.2) is 0 Å². The van der Waals surface area contributed by atoms with Crippen LogP contribution in [0.4, 0.5) is 5.69 Å². The standard InChI is InChI=1S/C14H18BrN/c1-14(2,3)12-7-8-13(16)11(10-12)6-4-5-9-15/h7-8,10H,5,9,16H2,1-3H3. The van der Waals surface area contributed by atoms with E-state index in [1.807, 2.05) is 6.07 Å². The minimum absolute atomic E-state index is 0.138. The molecule has 1 nitrogen and oxygen atoms in total. The van der Waals surface area contributed by atoms with Gasteiger partial charge < -0.3 is 5.73 Å². The number of nitrogens with two attached hydrogens (primary N) is 1. The van der Waals surface area contributed by atoms with Gasteiger partial charge in [0.15, 0.2) is 0 Å². The fourth-order valence-corrected chi connectivity index (χ4v) is 1.53. The fraction of sp³-hybridized carbons (Fsp3) is 0.429. The summed E-state index contributed by atoms with van der Waals surface area (Å²) in [5.41, 5.74) is 9.01. The lowest BCUT2D eigenvalue weighted by Crippen LogP contribution is -2.11. The molecule has 2 N–H and O–H groups in total. The molecule has 0 aliphatic rings. The number of hydrogen-bond donors (Lipinski definition) is 1. The van der Waals surface area contributed by atoms with Gasteiger partial charge in [0.05, 0.1) is 0 Å². The van der Waals surface area contributed by atoms with Gasteiger partial charge in [-0.05, 0) is 23.1 Å². The second kappa shape index (κ2) is 5.41. The Balaban J connectivity index is 3.06. The van der Waals surface area contributed by atoms with Gasteiger partial charge in [0, 0.05) is 23.0 Å². The van der Waals surface area contributed by atoms with Gasteiger partial charge in [-0.3, -0.25) is 0 Å². The Morgan fingerprint density at radius 3 is 2.56 bits per heavy atom. The van der Waals surface area contributed by atoms with Gasteiger partial charge >= 0.3 is 0 Å². The predicted molar refractivity (Wildman–Crippen MR) is 74.8 cm³/mol. The molecule has 0 aliphatic heterocycles. The SMILES string of the molecule is CC(C)(C)c1ccc(N)c(C#CCCBr)c1. The quantitative estimate of drug-likeness (QED) is 0.474. The van der Waals surface area contributed by atoms with E-state index in [-0.39, 0.29) is 5.41 Å². The summed E-state index contributed by atoms with van der Waals surface area (Å²) < 4.78 is 0. The van der Waals surface area contributed by atoms with Gasteiger partial charge in [0.2, 0.25) is 0 Å². The van der Waals surface area contributed by atoms with E-state index in [9.17, 15) is 0 Å². The van der Waals surface area contributed by atoms with Crippen molar-refractivity contribution >= 4 is 21.6 Å². The van der Waals surface area contributed by atoms with E-state index < -0.39 is 0 Å². The third-order valence-corrected chi connectivity index (χ3v) is 2.76. The fourth-order valence-electron chi connectivity index (χ4n) is 1.34. The first-order valence-electron chi connectivity index (χ1n) is 5.40. The normalized spacial score (nSPS) is 10.8. The third kappa shape index (κ3) is 3.57. The summed E-state index contributed by atoms with van der Waals surface area (Å²) in [6.07, 6.45) is 0.846. The molecule has 0 aliphatic carbocycles. The Morgan fingerprint density at radius 2 is 2.00 bits per heavy atom. The minimum Gasteiger partial charge on any atom is -0.398 e. The molecule has 1 aromatic carbocycles. The van der Waals surface area contributed by atoms with Crippen molar-refractivity contribution in [1.82, 2.24) is 0 Å². The molecule has 86 valence electrons. The van der Waals surface area contributed by atoms with Gasteiger partial charge in [0.1, 0.15) is 0 Å². The minimum atomic E-state index is 0.138. The molecule has 0 spiro atoms. The van der Waals surface area contributed by atoms with Crippen molar-refractivity contribution in [2.24, 2.45) is 0 Å². The van der Waals surface area contributed by atoms with Crippen molar-refractivity contribution < 1.29 is 0 Å². The number of benzene rings is 1. The van der Waals surface area contributed by atoms with Gasteiger partial charge in [-0.2, -0.15) is 0 Å². The molecule has 0 unspecified atom stereocenters. The number of rotatable bonds is 1. The van der Waals surface area contributed by atoms with E-state index in [2.05, 4.69) is 60.7 Å². The molecular weight excluding hydrogens is 262 g/mol. The highest BCUT2D eigenvalue weighted by atomic mass is 79.9. The largest absolute Gasteiger partial charge is 0.398 e. The maximum Gasteiger partial charge on any atom is 0.0477 e. The van der Waals surface area contributed by atoms with Crippen LogP contribution in [0.1, 0.15) is 38.3 Å². The molecule has 0 fully saturated rings. The van der Waals surface area contributed by atoms with E-state index >= 15 is 0 Å². The summed E-state index contributed by atoms with van der Waals surface area (Å²) >= 11 is 3.35. The van der Waals surface area contributed by atoms with Crippen LogP contribution in [0.5, 0.6) is 0 Å². The van der Waals surface area contributed by atoms with E-state index in [0.29, 0.717) is 0 Å². The number of halogens is 1. The maximum absolute atomic E-state index is 5.90. The molecule has 0 atom stereocenters. The van der Waals surface area contributed by atoms with E-state index in [1.165, 1.54) is 5.56 Å². The summed E-state index contributed by atoms with van der Waals surface area (Å²) in [4.78, 5) is 0. The highest BCUT2D eigenvalue weighted by Gasteiger charge is 2.14. The molecule has 0 aromatic heterocycles. The zero-order valence-electron chi connectivity index (χ0n) is 10.1. The van der Waals surface area contributed by atoms with Gasteiger partial charge in [-0.1, -0.05) is 54.6 Å². The zero-order valence-corrected chi connectivity index (χ0v) is 11.7. The summed E-state index contributed by atoms with van der Waals surface area (Å²) in [5.74, 6) is 6.22. The van der Waals surface area contributed by atoms with Crippen LogP contribution in [0, 0.1) is 11.8 Å². The highest BCUT2D eigenvalue weighted by Crippen LogP contribution is 2.25. The van der Waals surface area contributed by atoms with E-state index in [1.54, 1.807) is 0 Å². The van der Waals surface area contributed by atoms with Crippen LogP contribution < -0.4 is 5.73 Å². The summed E-state index contributed by atoms with van der Waals surface area (Å²) in [5, 5.41) is 0.902. The van der Waals surface area contributed by atoms with Crippen molar-refractivity contribution in [2.75, 3.05) is 11.1 Å². The predicted octanol–water partition coefficient (Wildman–Crippen LogP) is 3.70. The topological polar surface area (TPSA) is 26.0 Å². The lowest BCUT2D eigenvalue weighted by molar-refractivity contribution is 0.590. The summed E-state index contributed by atoms with van der Waals surface area (Å²) in [6.45, 7) is 6.57. The molecule has 1 aromatic rings. The average Bonchev–Trinajstić information content (AvgIpc) is 2.19. The van der Waals surface area contributed by atoms with Crippen LogP contribution in [0.2, 0.25) is 0 Å². The van der Waals surface area contributed by atoms with Crippen molar-refractivity contribution in [2.45, 2.75) is 32.6 Å². The van der Waals surface area contributed by atoms with E-state index in [0.717, 1.165) is 23.0 Å². The number of nitrogen functional groups attached to an aromatic ring is 1.